The average molecular weight is 368 g/mol. The summed E-state index contributed by atoms with van der Waals surface area (Å²) in [6.45, 7) is 0.636. The van der Waals surface area contributed by atoms with Crippen molar-refractivity contribution in [2.24, 2.45) is 0 Å². The van der Waals surface area contributed by atoms with Gasteiger partial charge in [0.25, 0.3) is 5.91 Å². The van der Waals surface area contributed by atoms with E-state index < -0.39 is 0 Å². The first-order valence-electron chi connectivity index (χ1n) is 8.45. The van der Waals surface area contributed by atoms with Crippen LogP contribution in [0.1, 0.15) is 34.9 Å². The molecule has 1 atom stereocenters. The number of carbonyl (C=O) groups excluding carboxylic acids is 1. The average Bonchev–Trinajstić information content (AvgIpc) is 3.06. The molecule has 0 fully saturated rings. The molecule has 0 spiro atoms. The van der Waals surface area contributed by atoms with Crippen molar-refractivity contribution in [3.8, 4) is 16.3 Å². The number of ether oxygens (including phenoxy) is 1. The number of para-hydroxylation sites is 1. The van der Waals surface area contributed by atoms with Crippen molar-refractivity contribution in [1.29, 1.82) is 0 Å². The summed E-state index contributed by atoms with van der Waals surface area (Å²) in [6.07, 6.45) is 1.66. The first-order chi connectivity index (χ1) is 12.7. The van der Waals surface area contributed by atoms with Crippen LogP contribution in [0.15, 0.2) is 53.9 Å². The van der Waals surface area contributed by atoms with E-state index in [4.69, 9.17) is 4.74 Å². The van der Waals surface area contributed by atoms with Crippen molar-refractivity contribution >= 4 is 17.2 Å². The number of aromatic nitrogens is 1. The van der Waals surface area contributed by atoms with E-state index in [1.165, 1.54) is 17.4 Å². The van der Waals surface area contributed by atoms with E-state index in [2.05, 4.69) is 10.3 Å². The molecule has 4 rings (SSSR count). The summed E-state index contributed by atoms with van der Waals surface area (Å²) >= 11 is 1.26. The minimum Gasteiger partial charge on any atom is -0.493 e. The van der Waals surface area contributed by atoms with Gasteiger partial charge in [-0.15, -0.1) is 11.3 Å². The number of nitrogens with zero attached hydrogens (tertiary/aromatic N) is 1. The lowest BCUT2D eigenvalue weighted by Crippen LogP contribution is -2.28. The van der Waals surface area contributed by atoms with Gasteiger partial charge in [-0.3, -0.25) is 4.79 Å². The molecule has 132 valence electrons. The SMILES string of the molecule is O=C(N[C@@H]1CCCOc2ccccc21)c1csc(-c2ccccc2F)n1. The molecule has 0 saturated carbocycles. The number of amides is 1. The maximum Gasteiger partial charge on any atom is 0.271 e. The van der Waals surface area contributed by atoms with Crippen LogP contribution in [0, 0.1) is 5.82 Å². The second-order valence-corrected chi connectivity index (χ2v) is 6.93. The van der Waals surface area contributed by atoms with E-state index >= 15 is 0 Å². The van der Waals surface area contributed by atoms with Crippen molar-refractivity contribution in [3.05, 3.63) is 71.0 Å². The smallest absolute Gasteiger partial charge is 0.271 e. The van der Waals surface area contributed by atoms with Gasteiger partial charge in [0, 0.05) is 16.5 Å². The molecule has 1 N–H and O–H groups in total. The fourth-order valence-corrected chi connectivity index (χ4v) is 3.87. The Bertz CT molecular complexity index is 941. The number of halogens is 1. The summed E-state index contributed by atoms with van der Waals surface area (Å²) in [5.74, 6) is 0.204. The molecule has 0 aliphatic carbocycles. The zero-order valence-corrected chi connectivity index (χ0v) is 14.8. The molecule has 2 heterocycles. The quantitative estimate of drug-likeness (QED) is 0.735. The number of thiazole rings is 1. The number of nitrogens with one attached hydrogen (secondary N) is 1. The summed E-state index contributed by atoms with van der Waals surface area (Å²) < 4.78 is 19.7. The van der Waals surface area contributed by atoms with Crippen LogP contribution in [0.5, 0.6) is 5.75 Å². The second-order valence-electron chi connectivity index (χ2n) is 6.07. The van der Waals surface area contributed by atoms with Crippen LogP contribution >= 0.6 is 11.3 Å². The third-order valence-electron chi connectivity index (χ3n) is 4.34. The van der Waals surface area contributed by atoms with Gasteiger partial charge in [-0.05, 0) is 31.0 Å². The number of fused-ring (bicyclic) bond motifs is 1. The minimum atomic E-state index is -0.344. The molecule has 1 aliphatic rings. The first-order valence-corrected chi connectivity index (χ1v) is 9.33. The third-order valence-corrected chi connectivity index (χ3v) is 5.21. The predicted octanol–water partition coefficient (Wildman–Crippen LogP) is 4.59. The van der Waals surface area contributed by atoms with Gasteiger partial charge in [0.1, 0.15) is 22.3 Å². The summed E-state index contributed by atoms with van der Waals surface area (Å²) in [5, 5.41) is 5.20. The predicted molar refractivity (Wildman–Crippen MR) is 98.9 cm³/mol. The summed E-state index contributed by atoms with van der Waals surface area (Å²) in [4.78, 5) is 17.0. The topological polar surface area (TPSA) is 51.2 Å². The molecular formula is C20H17FN2O2S. The van der Waals surface area contributed by atoms with Crippen molar-refractivity contribution in [3.63, 3.8) is 0 Å². The Morgan fingerprint density at radius 2 is 2.00 bits per heavy atom. The highest BCUT2D eigenvalue weighted by atomic mass is 32.1. The summed E-state index contributed by atoms with van der Waals surface area (Å²) in [6, 6.07) is 14.0. The zero-order valence-electron chi connectivity index (χ0n) is 13.9. The number of carbonyl (C=O) groups is 1. The van der Waals surface area contributed by atoms with Gasteiger partial charge < -0.3 is 10.1 Å². The molecule has 0 saturated heterocycles. The van der Waals surface area contributed by atoms with Crippen molar-refractivity contribution < 1.29 is 13.9 Å². The minimum absolute atomic E-state index is 0.125. The number of rotatable bonds is 3. The molecule has 6 heteroatoms. The lowest BCUT2D eigenvalue weighted by atomic mass is 10.0. The molecule has 2 aromatic carbocycles. The normalized spacial score (nSPS) is 16.3. The molecule has 26 heavy (non-hydrogen) atoms. The van der Waals surface area contributed by atoms with Crippen LogP contribution in [0.4, 0.5) is 4.39 Å². The number of benzene rings is 2. The van der Waals surface area contributed by atoms with E-state index in [0.29, 0.717) is 22.9 Å². The molecule has 1 aromatic heterocycles. The third kappa shape index (κ3) is 3.32. The standard InChI is InChI=1S/C20H17FN2O2S/c21-15-8-3-1-6-13(15)20-23-17(12-26-20)19(24)22-16-9-5-11-25-18-10-4-2-7-14(16)18/h1-4,6-8,10,12,16H,5,9,11H2,(H,22,24)/t16-/m1/s1. The van der Waals surface area contributed by atoms with E-state index in [1.807, 2.05) is 24.3 Å². The largest absolute Gasteiger partial charge is 0.493 e. The summed E-state index contributed by atoms with van der Waals surface area (Å²) in [7, 11) is 0. The lowest BCUT2D eigenvalue weighted by Gasteiger charge is -2.17. The molecule has 0 bridgehead atoms. The van der Waals surface area contributed by atoms with Gasteiger partial charge in [0.2, 0.25) is 0 Å². The molecule has 3 aromatic rings. The molecule has 0 radical (unpaired) electrons. The van der Waals surface area contributed by atoms with Crippen LogP contribution in [-0.2, 0) is 0 Å². The fraction of sp³-hybridized carbons (Fsp3) is 0.200. The van der Waals surface area contributed by atoms with Gasteiger partial charge in [-0.1, -0.05) is 30.3 Å². The van der Waals surface area contributed by atoms with Crippen LogP contribution in [0.25, 0.3) is 10.6 Å². The van der Waals surface area contributed by atoms with Crippen LogP contribution in [0.3, 0.4) is 0 Å². The number of hydrogen-bond acceptors (Lipinski definition) is 4. The Balaban J connectivity index is 1.55. The van der Waals surface area contributed by atoms with Gasteiger partial charge in [0.05, 0.1) is 12.6 Å². The highest BCUT2D eigenvalue weighted by Gasteiger charge is 2.23. The first kappa shape index (κ1) is 16.7. The zero-order chi connectivity index (χ0) is 17.9. The molecular weight excluding hydrogens is 351 g/mol. The highest BCUT2D eigenvalue weighted by Crippen LogP contribution is 2.32. The van der Waals surface area contributed by atoms with E-state index in [1.54, 1.807) is 23.6 Å². The molecule has 1 aliphatic heterocycles. The molecule has 4 nitrogen and oxygen atoms in total. The van der Waals surface area contributed by atoms with Crippen molar-refractivity contribution in [2.45, 2.75) is 18.9 Å². The van der Waals surface area contributed by atoms with Crippen LogP contribution in [-0.4, -0.2) is 17.5 Å². The van der Waals surface area contributed by atoms with E-state index in [-0.39, 0.29) is 17.8 Å². The highest BCUT2D eigenvalue weighted by molar-refractivity contribution is 7.13. The van der Waals surface area contributed by atoms with Crippen LogP contribution < -0.4 is 10.1 Å². The van der Waals surface area contributed by atoms with Crippen molar-refractivity contribution in [2.75, 3.05) is 6.61 Å². The van der Waals surface area contributed by atoms with E-state index in [0.717, 1.165) is 24.2 Å². The van der Waals surface area contributed by atoms with Gasteiger partial charge >= 0.3 is 0 Å². The van der Waals surface area contributed by atoms with Crippen LogP contribution in [0.2, 0.25) is 0 Å². The Kier molecular flexibility index (Phi) is 4.67. The van der Waals surface area contributed by atoms with Gasteiger partial charge in [-0.2, -0.15) is 0 Å². The second kappa shape index (κ2) is 7.25. The van der Waals surface area contributed by atoms with Crippen molar-refractivity contribution in [1.82, 2.24) is 10.3 Å². The maximum absolute atomic E-state index is 13.9. The van der Waals surface area contributed by atoms with Gasteiger partial charge in [-0.25, -0.2) is 9.37 Å². The van der Waals surface area contributed by atoms with Gasteiger partial charge in [0.15, 0.2) is 0 Å². The Hall–Kier alpha value is -2.73. The van der Waals surface area contributed by atoms with E-state index in [9.17, 15) is 9.18 Å². The summed E-state index contributed by atoms with van der Waals surface area (Å²) in [5.41, 5.74) is 1.68. The lowest BCUT2D eigenvalue weighted by molar-refractivity contribution is 0.0930. The Morgan fingerprint density at radius 1 is 1.19 bits per heavy atom. The molecule has 0 unspecified atom stereocenters. The Morgan fingerprint density at radius 3 is 2.88 bits per heavy atom. The number of hydrogen-bond donors (Lipinski definition) is 1. The maximum atomic E-state index is 13.9. The monoisotopic (exact) mass is 368 g/mol. The molecule has 1 amide bonds. The fourth-order valence-electron chi connectivity index (χ4n) is 3.04. The Labute approximate surface area is 154 Å².